The lowest BCUT2D eigenvalue weighted by Crippen LogP contribution is -2.34. The Balaban J connectivity index is 2.43. The summed E-state index contributed by atoms with van der Waals surface area (Å²) < 4.78 is 18.1. The van der Waals surface area contributed by atoms with Crippen molar-refractivity contribution in [2.45, 2.75) is 24.4 Å². The third kappa shape index (κ3) is 1.86. The molecule has 1 aromatic rings. The minimum atomic E-state index is -1.48. The Labute approximate surface area is 97.6 Å². The predicted molar refractivity (Wildman–Crippen MR) is 57.5 cm³/mol. The summed E-state index contributed by atoms with van der Waals surface area (Å²) in [6, 6.07) is 3.92. The number of hydrogen-bond donors (Lipinski definition) is 2. The van der Waals surface area contributed by atoms with Crippen LogP contribution in [0.4, 0.5) is 4.39 Å². The van der Waals surface area contributed by atoms with Crippen molar-refractivity contribution in [2.24, 2.45) is 0 Å². The molecule has 0 aromatic heterocycles. The molecule has 0 saturated heterocycles. The lowest BCUT2D eigenvalue weighted by molar-refractivity contribution is -0.148. The van der Waals surface area contributed by atoms with Crippen molar-refractivity contribution in [3.05, 3.63) is 29.6 Å². The molecule has 1 aliphatic rings. The van der Waals surface area contributed by atoms with Gasteiger partial charge in [-0.05, 0) is 18.9 Å². The highest BCUT2D eigenvalue weighted by Gasteiger charge is 2.54. The van der Waals surface area contributed by atoms with Gasteiger partial charge in [0.05, 0.1) is 7.11 Å². The zero-order chi connectivity index (χ0) is 12.6. The molecule has 17 heavy (non-hydrogen) atoms. The second kappa shape index (κ2) is 4.00. The number of halogens is 1. The monoisotopic (exact) mass is 240 g/mol. The van der Waals surface area contributed by atoms with Gasteiger partial charge in [-0.25, -0.2) is 9.18 Å². The molecule has 5 heteroatoms. The number of aliphatic hydroxyl groups is 1. The summed E-state index contributed by atoms with van der Waals surface area (Å²) >= 11 is 0. The van der Waals surface area contributed by atoms with Crippen LogP contribution in [0.1, 0.15) is 18.4 Å². The first kappa shape index (κ1) is 11.9. The molecule has 2 N–H and O–H groups in total. The van der Waals surface area contributed by atoms with Crippen LogP contribution in [0.25, 0.3) is 0 Å². The number of aliphatic hydroxyl groups excluding tert-OH is 1. The third-order valence-corrected chi connectivity index (χ3v) is 3.25. The largest absolute Gasteiger partial charge is 0.496 e. The quantitative estimate of drug-likeness (QED) is 0.832. The molecule has 1 unspecified atom stereocenters. The fraction of sp³-hybridized carbons (Fsp3) is 0.417. The first-order valence-electron chi connectivity index (χ1n) is 5.26. The van der Waals surface area contributed by atoms with Crippen molar-refractivity contribution in [1.82, 2.24) is 0 Å². The standard InChI is InChI=1S/C12H13FO4/c1-17-9-6-7(13)2-3-8(9)12(4-5-12)10(14)11(15)16/h2-3,6,10,14H,4-5H2,1H3,(H,15,16). The lowest BCUT2D eigenvalue weighted by atomic mass is 9.89. The van der Waals surface area contributed by atoms with Gasteiger partial charge in [0, 0.05) is 17.0 Å². The van der Waals surface area contributed by atoms with E-state index in [1.807, 2.05) is 0 Å². The molecule has 1 aromatic carbocycles. The van der Waals surface area contributed by atoms with Crippen LogP contribution in [0.2, 0.25) is 0 Å². The average Bonchev–Trinajstić information content (AvgIpc) is 3.09. The molecule has 0 radical (unpaired) electrons. The van der Waals surface area contributed by atoms with Gasteiger partial charge in [-0.3, -0.25) is 0 Å². The SMILES string of the molecule is COc1cc(F)ccc1C1(C(O)C(=O)O)CC1. The number of carboxylic acid groups (broad SMARTS) is 1. The van der Waals surface area contributed by atoms with Gasteiger partial charge < -0.3 is 14.9 Å². The second-order valence-electron chi connectivity index (χ2n) is 4.24. The molecule has 1 fully saturated rings. The van der Waals surface area contributed by atoms with E-state index in [1.54, 1.807) is 0 Å². The van der Waals surface area contributed by atoms with Crippen molar-refractivity contribution in [3.63, 3.8) is 0 Å². The zero-order valence-corrected chi connectivity index (χ0v) is 9.31. The summed E-state index contributed by atoms with van der Waals surface area (Å²) in [5, 5.41) is 18.6. The molecule has 1 saturated carbocycles. The maximum atomic E-state index is 13.0. The fourth-order valence-corrected chi connectivity index (χ4v) is 2.14. The molecule has 1 atom stereocenters. The third-order valence-electron chi connectivity index (χ3n) is 3.25. The molecule has 1 aliphatic carbocycles. The highest BCUT2D eigenvalue weighted by atomic mass is 19.1. The summed E-state index contributed by atoms with van der Waals surface area (Å²) in [6.07, 6.45) is -0.368. The Kier molecular flexibility index (Phi) is 2.79. The number of carboxylic acids is 1. The van der Waals surface area contributed by atoms with Crippen molar-refractivity contribution in [1.29, 1.82) is 0 Å². The van der Waals surface area contributed by atoms with Crippen LogP contribution in [0.5, 0.6) is 5.75 Å². The van der Waals surface area contributed by atoms with Crippen molar-refractivity contribution >= 4 is 5.97 Å². The molecular formula is C12H13FO4. The van der Waals surface area contributed by atoms with Crippen LogP contribution in [0.15, 0.2) is 18.2 Å². The Morgan fingerprint density at radius 2 is 2.18 bits per heavy atom. The van der Waals surface area contributed by atoms with E-state index in [2.05, 4.69) is 0 Å². The van der Waals surface area contributed by atoms with E-state index in [4.69, 9.17) is 9.84 Å². The predicted octanol–water partition coefficient (Wildman–Crippen LogP) is 1.31. The maximum absolute atomic E-state index is 13.0. The number of carbonyl (C=O) groups is 1. The van der Waals surface area contributed by atoms with Gasteiger partial charge in [0.25, 0.3) is 0 Å². The van der Waals surface area contributed by atoms with E-state index < -0.39 is 23.3 Å². The van der Waals surface area contributed by atoms with E-state index in [9.17, 15) is 14.3 Å². The minimum Gasteiger partial charge on any atom is -0.496 e. The van der Waals surface area contributed by atoms with Gasteiger partial charge in [0.1, 0.15) is 11.6 Å². The summed E-state index contributed by atoms with van der Waals surface area (Å²) in [6.45, 7) is 0. The van der Waals surface area contributed by atoms with Crippen LogP contribution in [0.3, 0.4) is 0 Å². The van der Waals surface area contributed by atoms with Crippen molar-refractivity contribution < 1.29 is 24.1 Å². The van der Waals surface area contributed by atoms with Gasteiger partial charge in [-0.2, -0.15) is 0 Å². The topological polar surface area (TPSA) is 66.8 Å². The molecule has 0 bridgehead atoms. The van der Waals surface area contributed by atoms with Crippen LogP contribution in [0, 0.1) is 5.82 Å². The molecule has 0 amide bonds. The Hall–Kier alpha value is -1.62. The highest BCUT2D eigenvalue weighted by Crippen LogP contribution is 2.53. The minimum absolute atomic E-state index is 0.280. The molecule has 0 aliphatic heterocycles. The molecule has 0 spiro atoms. The normalized spacial score (nSPS) is 18.5. The van der Waals surface area contributed by atoms with Crippen molar-refractivity contribution in [2.75, 3.05) is 7.11 Å². The number of ether oxygens (including phenoxy) is 1. The zero-order valence-electron chi connectivity index (χ0n) is 9.31. The van der Waals surface area contributed by atoms with Crippen LogP contribution >= 0.6 is 0 Å². The van der Waals surface area contributed by atoms with Crippen molar-refractivity contribution in [3.8, 4) is 5.75 Å². The van der Waals surface area contributed by atoms with Gasteiger partial charge in [-0.15, -0.1) is 0 Å². The molecule has 92 valence electrons. The second-order valence-corrected chi connectivity index (χ2v) is 4.24. The Morgan fingerprint density at radius 1 is 1.53 bits per heavy atom. The number of hydrogen-bond acceptors (Lipinski definition) is 3. The highest BCUT2D eigenvalue weighted by molar-refractivity contribution is 5.76. The van der Waals surface area contributed by atoms with Crippen LogP contribution in [-0.4, -0.2) is 29.4 Å². The molecule has 0 heterocycles. The number of methoxy groups -OCH3 is 1. The van der Waals surface area contributed by atoms with Gasteiger partial charge >= 0.3 is 5.97 Å². The number of aliphatic carboxylic acids is 1. The lowest BCUT2D eigenvalue weighted by Gasteiger charge is -2.21. The summed E-state index contributed by atoms with van der Waals surface area (Å²) in [5.41, 5.74) is -0.276. The van der Waals surface area contributed by atoms with E-state index in [-0.39, 0.29) is 5.75 Å². The van der Waals surface area contributed by atoms with Gasteiger partial charge in [-0.1, -0.05) is 6.07 Å². The molecule has 2 rings (SSSR count). The van der Waals surface area contributed by atoms with E-state index in [0.717, 1.165) is 0 Å². The van der Waals surface area contributed by atoms with Gasteiger partial charge in [0.2, 0.25) is 0 Å². The van der Waals surface area contributed by atoms with E-state index in [1.165, 1.54) is 25.3 Å². The number of benzene rings is 1. The van der Waals surface area contributed by atoms with E-state index >= 15 is 0 Å². The van der Waals surface area contributed by atoms with Crippen LogP contribution < -0.4 is 4.74 Å². The fourth-order valence-electron chi connectivity index (χ4n) is 2.14. The smallest absolute Gasteiger partial charge is 0.333 e. The van der Waals surface area contributed by atoms with Gasteiger partial charge in [0.15, 0.2) is 6.10 Å². The first-order valence-corrected chi connectivity index (χ1v) is 5.26. The summed E-state index contributed by atoms with van der Waals surface area (Å²) in [5.74, 6) is -1.44. The summed E-state index contributed by atoms with van der Waals surface area (Å²) in [4.78, 5) is 10.9. The first-order chi connectivity index (χ1) is 8.01. The van der Waals surface area contributed by atoms with E-state index in [0.29, 0.717) is 18.4 Å². The summed E-state index contributed by atoms with van der Waals surface area (Å²) in [7, 11) is 1.39. The molecule has 4 nitrogen and oxygen atoms in total. The Bertz CT molecular complexity index is 454. The maximum Gasteiger partial charge on any atom is 0.333 e. The number of rotatable bonds is 4. The molecular weight excluding hydrogens is 227 g/mol. The average molecular weight is 240 g/mol. The van der Waals surface area contributed by atoms with Crippen LogP contribution in [-0.2, 0) is 10.2 Å². The Morgan fingerprint density at radius 3 is 2.65 bits per heavy atom.